The Morgan fingerprint density at radius 1 is 1.50 bits per heavy atom. The van der Waals surface area contributed by atoms with E-state index in [1.54, 1.807) is 4.90 Å². The van der Waals surface area contributed by atoms with Gasteiger partial charge in [-0.2, -0.15) is 5.10 Å². The number of likely N-dealkylation sites (tertiary alicyclic amines) is 1. The highest BCUT2D eigenvalue weighted by Crippen LogP contribution is 2.18. The Balaban J connectivity index is 1.44. The second-order valence-corrected chi connectivity index (χ2v) is 5.62. The van der Waals surface area contributed by atoms with Crippen molar-refractivity contribution in [3.05, 3.63) is 17.5 Å². The maximum absolute atomic E-state index is 12.0. The van der Waals surface area contributed by atoms with E-state index < -0.39 is 0 Å². The van der Waals surface area contributed by atoms with Gasteiger partial charge >= 0.3 is 0 Å². The number of nitrogens with one attached hydrogen (secondary N) is 2. The van der Waals surface area contributed by atoms with E-state index in [1.807, 2.05) is 6.20 Å². The lowest BCUT2D eigenvalue weighted by Gasteiger charge is -2.23. The summed E-state index contributed by atoms with van der Waals surface area (Å²) in [5.74, 6) is 0.218. The van der Waals surface area contributed by atoms with Gasteiger partial charge in [-0.3, -0.25) is 14.7 Å². The largest absolute Gasteiger partial charge is 0.353 e. The molecule has 0 radical (unpaired) electrons. The Morgan fingerprint density at radius 3 is 3.20 bits per heavy atom. The van der Waals surface area contributed by atoms with Gasteiger partial charge in [0.25, 0.3) is 0 Å². The summed E-state index contributed by atoms with van der Waals surface area (Å²) in [5.41, 5.74) is 2.40. The van der Waals surface area contributed by atoms with Crippen LogP contribution in [0.1, 0.15) is 36.9 Å². The highest BCUT2D eigenvalue weighted by molar-refractivity contribution is 5.80. The summed E-state index contributed by atoms with van der Waals surface area (Å²) in [6.45, 7) is 1.35. The van der Waals surface area contributed by atoms with Crippen molar-refractivity contribution in [3.8, 4) is 0 Å². The normalized spacial score (nSPS) is 21.9. The van der Waals surface area contributed by atoms with Gasteiger partial charge in [-0.25, -0.2) is 0 Å². The van der Waals surface area contributed by atoms with Gasteiger partial charge in [0.05, 0.1) is 6.20 Å². The van der Waals surface area contributed by atoms with E-state index in [-0.39, 0.29) is 17.9 Å². The molecule has 0 saturated carbocycles. The van der Waals surface area contributed by atoms with Crippen molar-refractivity contribution in [2.45, 2.75) is 44.6 Å². The molecule has 0 aromatic carbocycles. The summed E-state index contributed by atoms with van der Waals surface area (Å²) >= 11 is 0. The SMILES string of the molecule is O=C(CCN1CCCC1=O)NC1CCc2cn[nH]c2C1. The number of aryl methyl sites for hydroxylation is 1. The summed E-state index contributed by atoms with van der Waals surface area (Å²) in [5, 5.41) is 10.1. The zero-order valence-electron chi connectivity index (χ0n) is 11.5. The fourth-order valence-corrected chi connectivity index (χ4v) is 3.01. The van der Waals surface area contributed by atoms with Crippen LogP contribution in [0.4, 0.5) is 0 Å². The molecule has 2 N–H and O–H groups in total. The Hall–Kier alpha value is -1.85. The number of nitrogens with zero attached hydrogens (tertiary/aromatic N) is 2. The number of hydrogen-bond donors (Lipinski definition) is 2. The first kappa shape index (κ1) is 13.1. The molecule has 0 spiro atoms. The third-order valence-electron chi connectivity index (χ3n) is 4.17. The van der Waals surface area contributed by atoms with E-state index in [0.717, 1.165) is 37.9 Å². The maximum atomic E-state index is 12.0. The van der Waals surface area contributed by atoms with Gasteiger partial charge in [0.15, 0.2) is 0 Å². The lowest BCUT2D eigenvalue weighted by molar-refractivity contribution is -0.128. The number of H-pyrrole nitrogens is 1. The number of aromatic amines is 1. The quantitative estimate of drug-likeness (QED) is 0.835. The fraction of sp³-hybridized carbons (Fsp3) is 0.643. The Morgan fingerprint density at radius 2 is 2.40 bits per heavy atom. The third kappa shape index (κ3) is 2.84. The molecule has 0 bridgehead atoms. The molecule has 2 heterocycles. The predicted molar refractivity (Wildman–Crippen MR) is 73.0 cm³/mol. The third-order valence-corrected chi connectivity index (χ3v) is 4.17. The van der Waals surface area contributed by atoms with Gasteiger partial charge in [0, 0.05) is 44.1 Å². The molecule has 1 aromatic rings. The molecule has 1 atom stereocenters. The van der Waals surface area contributed by atoms with Crippen LogP contribution in [0.5, 0.6) is 0 Å². The molecular formula is C14H20N4O2. The van der Waals surface area contributed by atoms with Crippen LogP contribution in [0.3, 0.4) is 0 Å². The Bertz CT molecular complexity index is 511. The minimum Gasteiger partial charge on any atom is -0.353 e. The van der Waals surface area contributed by atoms with Crippen molar-refractivity contribution < 1.29 is 9.59 Å². The molecule has 1 saturated heterocycles. The first-order chi connectivity index (χ1) is 9.72. The lowest BCUT2D eigenvalue weighted by Crippen LogP contribution is -2.40. The first-order valence-corrected chi connectivity index (χ1v) is 7.30. The predicted octanol–water partition coefficient (Wildman–Crippen LogP) is 0.396. The van der Waals surface area contributed by atoms with E-state index >= 15 is 0 Å². The van der Waals surface area contributed by atoms with Gasteiger partial charge in [-0.05, 0) is 24.8 Å². The van der Waals surface area contributed by atoms with Crippen LogP contribution >= 0.6 is 0 Å². The minimum absolute atomic E-state index is 0.0395. The van der Waals surface area contributed by atoms with E-state index in [4.69, 9.17) is 0 Å². The van der Waals surface area contributed by atoms with E-state index in [0.29, 0.717) is 19.4 Å². The Labute approximate surface area is 117 Å². The molecule has 1 aliphatic carbocycles. The molecule has 1 aliphatic heterocycles. The van der Waals surface area contributed by atoms with Gasteiger partial charge < -0.3 is 10.2 Å². The van der Waals surface area contributed by atoms with Crippen molar-refractivity contribution >= 4 is 11.8 Å². The molecule has 1 aromatic heterocycles. The summed E-state index contributed by atoms with van der Waals surface area (Å²) in [7, 11) is 0. The van der Waals surface area contributed by atoms with Crippen LogP contribution in [0, 0.1) is 0 Å². The molecule has 2 aliphatic rings. The average Bonchev–Trinajstić information content (AvgIpc) is 3.04. The van der Waals surface area contributed by atoms with Crippen LogP contribution in [0.25, 0.3) is 0 Å². The summed E-state index contributed by atoms with van der Waals surface area (Å²) < 4.78 is 0. The Kier molecular flexibility index (Phi) is 3.71. The molecule has 1 unspecified atom stereocenters. The number of amides is 2. The molecule has 108 valence electrons. The lowest BCUT2D eigenvalue weighted by atomic mass is 9.94. The zero-order valence-corrected chi connectivity index (χ0v) is 11.5. The van der Waals surface area contributed by atoms with Gasteiger partial charge in [-0.15, -0.1) is 0 Å². The van der Waals surface area contributed by atoms with Crippen molar-refractivity contribution in [1.29, 1.82) is 0 Å². The molecular weight excluding hydrogens is 256 g/mol. The number of hydrogen-bond acceptors (Lipinski definition) is 3. The molecule has 20 heavy (non-hydrogen) atoms. The smallest absolute Gasteiger partial charge is 0.222 e. The second-order valence-electron chi connectivity index (χ2n) is 5.62. The van der Waals surface area contributed by atoms with E-state index in [9.17, 15) is 9.59 Å². The first-order valence-electron chi connectivity index (χ1n) is 7.30. The number of fused-ring (bicyclic) bond motifs is 1. The van der Waals surface area contributed by atoms with Crippen LogP contribution in [-0.4, -0.2) is 46.0 Å². The van der Waals surface area contributed by atoms with Gasteiger partial charge in [-0.1, -0.05) is 0 Å². The monoisotopic (exact) mass is 276 g/mol. The van der Waals surface area contributed by atoms with Gasteiger partial charge in [0.2, 0.25) is 11.8 Å². The second kappa shape index (κ2) is 5.64. The molecule has 1 fully saturated rings. The number of carbonyl (C=O) groups excluding carboxylic acids is 2. The minimum atomic E-state index is 0.0395. The van der Waals surface area contributed by atoms with Crippen molar-refractivity contribution in [3.63, 3.8) is 0 Å². The summed E-state index contributed by atoms with van der Waals surface area (Å²) in [6.07, 6.45) is 6.56. The molecule has 3 rings (SSSR count). The standard InChI is InChI=1S/C14H20N4O2/c19-13(5-7-18-6-1-2-14(18)20)16-11-4-3-10-9-15-17-12(10)8-11/h9,11H,1-8H2,(H,15,17)(H,16,19). The fourth-order valence-electron chi connectivity index (χ4n) is 3.01. The molecule has 6 nitrogen and oxygen atoms in total. The molecule has 6 heteroatoms. The maximum Gasteiger partial charge on any atom is 0.222 e. The topological polar surface area (TPSA) is 78.1 Å². The van der Waals surface area contributed by atoms with Crippen molar-refractivity contribution in [2.24, 2.45) is 0 Å². The average molecular weight is 276 g/mol. The zero-order chi connectivity index (χ0) is 13.9. The van der Waals surface area contributed by atoms with Crippen LogP contribution in [-0.2, 0) is 22.4 Å². The number of carbonyl (C=O) groups is 2. The molecule has 2 amide bonds. The number of rotatable bonds is 4. The highest BCUT2D eigenvalue weighted by atomic mass is 16.2. The number of aromatic nitrogens is 2. The van der Waals surface area contributed by atoms with Gasteiger partial charge in [0.1, 0.15) is 0 Å². The van der Waals surface area contributed by atoms with E-state index in [2.05, 4.69) is 15.5 Å². The van der Waals surface area contributed by atoms with Crippen LogP contribution in [0.2, 0.25) is 0 Å². The van der Waals surface area contributed by atoms with Crippen molar-refractivity contribution in [1.82, 2.24) is 20.4 Å². The van der Waals surface area contributed by atoms with Crippen molar-refractivity contribution in [2.75, 3.05) is 13.1 Å². The van der Waals surface area contributed by atoms with Crippen LogP contribution in [0.15, 0.2) is 6.20 Å². The highest BCUT2D eigenvalue weighted by Gasteiger charge is 2.23. The summed E-state index contributed by atoms with van der Waals surface area (Å²) in [4.78, 5) is 25.2. The van der Waals surface area contributed by atoms with Crippen LogP contribution < -0.4 is 5.32 Å². The summed E-state index contributed by atoms with van der Waals surface area (Å²) in [6, 6.07) is 0.185. The van der Waals surface area contributed by atoms with E-state index in [1.165, 1.54) is 5.56 Å².